The monoisotopic (exact) mass is 376 g/mol. The topological polar surface area (TPSA) is 92.3 Å². The number of anilines is 2. The zero-order chi connectivity index (χ0) is 20.0. The smallest absolute Gasteiger partial charge is 0.435 e. The lowest BCUT2D eigenvalue weighted by atomic mass is 9.76. The Labute approximate surface area is 162 Å². The van der Waals surface area contributed by atoms with Crippen LogP contribution in [0.1, 0.15) is 58.7 Å². The Hall–Kier alpha value is -1.89. The molecule has 0 aromatic carbocycles. The summed E-state index contributed by atoms with van der Waals surface area (Å²) in [6.07, 6.45) is 3.04. The highest BCUT2D eigenvalue weighted by molar-refractivity contribution is 5.58. The van der Waals surface area contributed by atoms with Crippen molar-refractivity contribution in [3.05, 3.63) is 11.3 Å². The van der Waals surface area contributed by atoms with Crippen molar-refractivity contribution < 1.29 is 14.4 Å². The molecule has 1 fully saturated rings. The number of nitrogens with two attached hydrogens (primary N) is 1. The SMILES string of the molecule is CC1(C)CCc2c(nc(N)nc2N2CCC[N+](C(=O)O)(C(C)(C)C)CC2)C1. The molecular formula is C20H34N5O2+. The number of nitrogen functional groups attached to an aromatic ring is 1. The lowest BCUT2D eigenvalue weighted by Crippen LogP contribution is -2.64. The quantitative estimate of drug-likeness (QED) is 0.732. The number of hydrogen-bond donors (Lipinski definition) is 2. The van der Waals surface area contributed by atoms with E-state index in [-0.39, 0.29) is 15.4 Å². The molecule has 7 nitrogen and oxygen atoms in total. The second-order valence-corrected chi connectivity index (χ2v) is 9.88. The van der Waals surface area contributed by atoms with Crippen molar-refractivity contribution in [2.75, 3.05) is 36.8 Å². The molecule has 3 rings (SSSR count). The van der Waals surface area contributed by atoms with Crippen LogP contribution in [-0.4, -0.2) is 57.4 Å². The summed E-state index contributed by atoms with van der Waals surface area (Å²) in [4.78, 5) is 23.5. The van der Waals surface area contributed by atoms with Crippen LogP contribution < -0.4 is 10.6 Å². The van der Waals surface area contributed by atoms with Gasteiger partial charge in [0.2, 0.25) is 5.95 Å². The zero-order valence-electron chi connectivity index (χ0n) is 17.4. The lowest BCUT2D eigenvalue weighted by molar-refractivity contribution is -0.901. The highest BCUT2D eigenvalue weighted by atomic mass is 16.4. The van der Waals surface area contributed by atoms with Crippen LogP contribution in [-0.2, 0) is 12.8 Å². The van der Waals surface area contributed by atoms with E-state index in [4.69, 9.17) is 5.73 Å². The Morgan fingerprint density at radius 1 is 1.22 bits per heavy atom. The average Bonchev–Trinajstić information content (AvgIpc) is 2.76. The van der Waals surface area contributed by atoms with Gasteiger partial charge in [-0.1, -0.05) is 13.8 Å². The number of carbonyl (C=O) groups is 1. The number of carboxylic acid groups (broad SMARTS) is 1. The number of nitrogens with zero attached hydrogens (tertiary/aromatic N) is 4. The standard InChI is InChI=1S/C20H33N5O2/c1-19(2,3)25(18(26)27)11-6-9-24(10-12-25)16-14-7-8-20(4,5)13-15(14)22-17(21)23-16/h6-13H2,1-5H3,(H2-,21,22,23,26,27)/p+1. The Morgan fingerprint density at radius 3 is 2.56 bits per heavy atom. The fraction of sp³-hybridized carbons (Fsp3) is 0.750. The molecule has 1 aliphatic heterocycles. The van der Waals surface area contributed by atoms with Gasteiger partial charge in [0.1, 0.15) is 17.9 Å². The Balaban J connectivity index is 1.93. The van der Waals surface area contributed by atoms with Crippen LogP contribution in [0.4, 0.5) is 16.6 Å². The second-order valence-electron chi connectivity index (χ2n) is 9.88. The summed E-state index contributed by atoms with van der Waals surface area (Å²) >= 11 is 0. The summed E-state index contributed by atoms with van der Waals surface area (Å²) in [7, 11) is 0. The molecule has 1 saturated heterocycles. The van der Waals surface area contributed by atoms with Crippen molar-refractivity contribution in [3.63, 3.8) is 0 Å². The van der Waals surface area contributed by atoms with Gasteiger partial charge in [-0.2, -0.15) is 9.78 Å². The fourth-order valence-corrected chi connectivity index (χ4v) is 4.61. The summed E-state index contributed by atoms with van der Waals surface area (Å²) in [6, 6.07) is 0. The van der Waals surface area contributed by atoms with Crippen molar-refractivity contribution in [1.82, 2.24) is 9.97 Å². The lowest BCUT2D eigenvalue weighted by Gasteiger charge is -2.42. The summed E-state index contributed by atoms with van der Waals surface area (Å²) in [5.41, 5.74) is 8.18. The Morgan fingerprint density at radius 2 is 1.93 bits per heavy atom. The van der Waals surface area contributed by atoms with Crippen LogP contribution in [0, 0.1) is 5.41 Å². The predicted octanol–water partition coefficient (Wildman–Crippen LogP) is 3.08. The molecule has 7 heteroatoms. The van der Waals surface area contributed by atoms with E-state index in [1.165, 1.54) is 5.56 Å². The van der Waals surface area contributed by atoms with Crippen LogP contribution in [0.2, 0.25) is 0 Å². The Kier molecular flexibility index (Phi) is 4.87. The molecule has 0 spiro atoms. The molecule has 0 saturated carbocycles. The van der Waals surface area contributed by atoms with Gasteiger partial charge in [-0.05, 0) is 45.4 Å². The van der Waals surface area contributed by atoms with E-state index in [1.807, 2.05) is 20.8 Å². The van der Waals surface area contributed by atoms with Gasteiger partial charge >= 0.3 is 6.09 Å². The number of fused-ring (bicyclic) bond motifs is 1. The minimum absolute atomic E-state index is 0.0826. The van der Waals surface area contributed by atoms with Crippen molar-refractivity contribution in [2.24, 2.45) is 5.41 Å². The molecule has 1 aliphatic carbocycles. The van der Waals surface area contributed by atoms with Crippen LogP contribution in [0.3, 0.4) is 0 Å². The molecule has 1 unspecified atom stereocenters. The van der Waals surface area contributed by atoms with Gasteiger partial charge in [-0.25, -0.2) is 9.47 Å². The van der Waals surface area contributed by atoms with Gasteiger partial charge in [0.15, 0.2) is 0 Å². The van der Waals surface area contributed by atoms with Gasteiger partial charge in [0.25, 0.3) is 0 Å². The van der Waals surface area contributed by atoms with Crippen LogP contribution >= 0.6 is 0 Å². The van der Waals surface area contributed by atoms with E-state index in [0.717, 1.165) is 43.7 Å². The van der Waals surface area contributed by atoms with Crippen LogP contribution in [0.25, 0.3) is 0 Å². The summed E-state index contributed by atoms with van der Waals surface area (Å²) in [5, 5.41) is 10.0. The van der Waals surface area contributed by atoms with E-state index in [9.17, 15) is 9.90 Å². The van der Waals surface area contributed by atoms with E-state index in [1.54, 1.807) is 0 Å². The van der Waals surface area contributed by atoms with E-state index in [0.29, 0.717) is 25.6 Å². The molecule has 1 aromatic heterocycles. The highest BCUT2D eigenvalue weighted by Crippen LogP contribution is 2.38. The van der Waals surface area contributed by atoms with Crippen molar-refractivity contribution in [2.45, 2.75) is 65.8 Å². The third-order valence-corrected chi connectivity index (χ3v) is 6.46. The molecule has 2 aliphatic rings. The van der Waals surface area contributed by atoms with Crippen molar-refractivity contribution >= 4 is 17.9 Å². The minimum Gasteiger partial charge on any atom is -0.435 e. The maximum atomic E-state index is 12.2. The molecule has 1 aromatic rings. The van der Waals surface area contributed by atoms with Crippen molar-refractivity contribution in [1.29, 1.82) is 0 Å². The van der Waals surface area contributed by atoms with E-state index >= 15 is 0 Å². The molecule has 1 atom stereocenters. The van der Waals surface area contributed by atoms with Gasteiger partial charge in [0.05, 0.1) is 18.8 Å². The van der Waals surface area contributed by atoms with E-state index < -0.39 is 6.09 Å². The number of amides is 1. The summed E-state index contributed by atoms with van der Waals surface area (Å²) < 4.78 is 0.0826. The summed E-state index contributed by atoms with van der Waals surface area (Å²) in [6.45, 7) is 13.2. The van der Waals surface area contributed by atoms with E-state index in [2.05, 4.69) is 28.7 Å². The molecule has 3 N–H and O–H groups in total. The molecule has 2 heterocycles. The van der Waals surface area contributed by atoms with Crippen LogP contribution in [0.15, 0.2) is 0 Å². The minimum atomic E-state index is -0.740. The highest BCUT2D eigenvalue weighted by Gasteiger charge is 2.48. The number of quaternary nitrogens is 1. The zero-order valence-corrected chi connectivity index (χ0v) is 17.4. The van der Waals surface area contributed by atoms with Gasteiger partial charge in [0, 0.05) is 18.5 Å². The maximum absolute atomic E-state index is 12.2. The fourth-order valence-electron chi connectivity index (χ4n) is 4.61. The Bertz CT molecular complexity index is 741. The third-order valence-electron chi connectivity index (χ3n) is 6.46. The first-order chi connectivity index (χ1) is 12.5. The second kappa shape index (κ2) is 6.62. The first-order valence-electron chi connectivity index (χ1n) is 9.96. The average molecular weight is 377 g/mol. The molecular weight excluding hydrogens is 342 g/mol. The van der Waals surface area contributed by atoms with Gasteiger partial charge in [-0.15, -0.1) is 0 Å². The molecule has 27 heavy (non-hydrogen) atoms. The molecule has 0 radical (unpaired) electrons. The largest absolute Gasteiger partial charge is 0.514 e. The number of rotatable bonds is 1. The van der Waals surface area contributed by atoms with Crippen molar-refractivity contribution in [3.8, 4) is 0 Å². The third kappa shape index (κ3) is 3.61. The number of aromatic nitrogens is 2. The van der Waals surface area contributed by atoms with Gasteiger partial charge < -0.3 is 15.7 Å². The first kappa shape index (κ1) is 19.9. The van der Waals surface area contributed by atoms with Gasteiger partial charge in [-0.3, -0.25) is 0 Å². The number of hydrogen-bond acceptors (Lipinski definition) is 5. The molecule has 0 bridgehead atoms. The first-order valence-corrected chi connectivity index (χ1v) is 9.96. The normalized spacial score (nSPS) is 25.6. The molecule has 150 valence electrons. The van der Waals surface area contributed by atoms with Crippen LogP contribution in [0.5, 0.6) is 0 Å². The molecule has 1 amide bonds. The predicted molar refractivity (Wildman–Crippen MR) is 107 cm³/mol. The maximum Gasteiger partial charge on any atom is 0.514 e. The summed E-state index contributed by atoms with van der Waals surface area (Å²) in [5.74, 6) is 1.24.